The minimum Gasteiger partial charge on any atom is -0.325 e. The number of anilines is 1. The van der Waals surface area contributed by atoms with Crippen molar-refractivity contribution in [3.05, 3.63) is 60.4 Å². The van der Waals surface area contributed by atoms with Crippen LogP contribution in [0, 0.1) is 0 Å². The molecule has 0 radical (unpaired) electrons. The molecule has 1 heterocycles. The number of nitrogens with one attached hydrogen (secondary N) is 2. The number of aromatic nitrogens is 3. The second kappa shape index (κ2) is 9.66. The predicted octanol–water partition coefficient (Wildman–Crippen LogP) is 3.95. The molecule has 10 heteroatoms. The first-order valence-electron chi connectivity index (χ1n) is 10.9. The van der Waals surface area contributed by atoms with Crippen LogP contribution in [-0.4, -0.2) is 40.4 Å². The maximum absolute atomic E-state index is 12.7. The largest absolute Gasteiger partial charge is 0.325 e. The first kappa shape index (κ1) is 23.5. The summed E-state index contributed by atoms with van der Waals surface area (Å²) in [4.78, 5) is 17.6. The molecule has 2 aromatic carbocycles. The molecule has 2 N–H and O–H groups in total. The molecule has 174 valence electrons. The number of hydrogen-bond acceptors (Lipinski definition) is 6. The van der Waals surface area contributed by atoms with Crippen LogP contribution in [0.25, 0.3) is 5.69 Å². The third-order valence-corrected chi connectivity index (χ3v) is 7.66. The molecule has 0 spiro atoms. The fourth-order valence-corrected chi connectivity index (χ4v) is 5.28. The van der Waals surface area contributed by atoms with E-state index < -0.39 is 15.3 Å². The molecule has 1 amide bonds. The number of rotatable bonds is 9. The molecule has 33 heavy (non-hydrogen) atoms. The number of thioether (sulfide) groups is 1. The van der Waals surface area contributed by atoms with Crippen LogP contribution in [0.2, 0.25) is 0 Å². The van der Waals surface area contributed by atoms with Crippen molar-refractivity contribution in [3.8, 4) is 5.69 Å². The van der Waals surface area contributed by atoms with E-state index in [-0.39, 0.29) is 16.8 Å². The van der Waals surface area contributed by atoms with Crippen molar-refractivity contribution in [1.29, 1.82) is 0 Å². The van der Waals surface area contributed by atoms with Crippen LogP contribution in [0.3, 0.4) is 0 Å². The number of hydrogen-bond donors (Lipinski definition) is 2. The van der Waals surface area contributed by atoms with Crippen LogP contribution in [-0.2, 0) is 14.8 Å². The highest BCUT2D eigenvalue weighted by molar-refractivity contribution is 8.00. The van der Waals surface area contributed by atoms with Gasteiger partial charge in [-0.3, -0.25) is 4.79 Å². The number of para-hydroxylation sites is 1. The van der Waals surface area contributed by atoms with Gasteiger partial charge in [-0.15, -0.1) is 5.10 Å². The van der Waals surface area contributed by atoms with Gasteiger partial charge >= 0.3 is 0 Å². The third-order valence-electron chi connectivity index (χ3n) is 5.03. The quantitative estimate of drug-likeness (QED) is 0.445. The molecule has 4 rings (SSSR count). The summed E-state index contributed by atoms with van der Waals surface area (Å²) in [5, 5.41) is 7.60. The molecule has 0 bridgehead atoms. The average Bonchev–Trinajstić information content (AvgIpc) is 3.54. The summed E-state index contributed by atoms with van der Waals surface area (Å²) in [5.41, 5.74) is 1.48. The summed E-state index contributed by atoms with van der Waals surface area (Å²) in [5.74, 6) is 1.14. The molecule has 1 aliphatic rings. The maximum Gasteiger partial charge on any atom is 0.240 e. The van der Waals surface area contributed by atoms with E-state index >= 15 is 0 Å². The first-order chi connectivity index (χ1) is 15.7. The lowest BCUT2D eigenvalue weighted by molar-refractivity contribution is -0.115. The molecule has 0 aliphatic heterocycles. The Balaban J connectivity index is 1.42. The number of carbonyl (C=O) groups is 1. The highest BCUT2D eigenvalue weighted by Gasteiger charge is 2.31. The lowest BCUT2D eigenvalue weighted by Gasteiger charge is -2.12. The van der Waals surface area contributed by atoms with E-state index in [2.05, 4.69) is 15.1 Å². The van der Waals surface area contributed by atoms with E-state index in [1.54, 1.807) is 32.9 Å². The molecule has 0 unspecified atom stereocenters. The summed E-state index contributed by atoms with van der Waals surface area (Å²) in [6, 6.07) is 15.8. The molecule has 1 fully saturated rings. The number of sulfonamides is 1. The summed E-state index contributed by atoms with van der Waals surface area (Å²) < 4.78 is 28.9. The summed E-state index contributed by atoms with van der Waals surface area (Å²) in [6.07, 6.45) is 2.20. The molecule has 1 aromatic heterocycles. The van der Waals surface area contributed by atoms with Crippen LogP contribution in [0.5, 0.6) is 0 Å². The average molecular weight is 486 g/mol. The second-order valence-electron chi connectivity index (χ2n) is 8.32. The van der Waals surface area contributed by atoms with Crippen molar-refractivity contribution in [3.63, 3.8) is 0 Å². The highest BCUT2D eigenvalue weighted by atomic mass is 32.2. The normalized spacial score (nSPS) is 14.9. The minimum atomic E-state index is -3.57. The topological polar surface area (TPSA) is 106 Å². The SMILES string of the molecule is CC(C)NS(=O)(=O)c1ccc(NC(=O)[C@@H](C)Sc2nc(C3CC3)n(-c3ccccc3)n2)cc1. The Kier molecular flexibility index (Phi) is 6.87. The number of benzene rings is 2. The van der Waals surface area contributed by atoms with Crippen molar-refractivity contribution < 1.29 is 13.2 Å². The molecular weight excluding hydrogens is 458 g/mol. The van der Waals surface area contributed by atoms with E-state index in [4.69, 9.17) is 4.98 Å². The van der Waals surface area contributed by atoms with E-state index in [9.17, 15) is 13.2 Å². The zero-order valence-electron chi connectivity index (χ0n) is 18.7. The highest BCUT2D eigenvalue weighted by Crippen LogP contribution is 2.40. The summed E-state index contributed by atoms with van der Waals surface area (Å²) >= 11 is 1.30. The molecule has 1 atom stereocenters. The zero-order chi connectivity index (χ0) is 23.6. The molecule has 8 nitrogen and oxygen atoms in total. The van der Waals surface area contributed by atoms with Gasteiger partial charge in [-0.25, -0.2) is 22.8 Å². The van der Waals surface area contributed by atoms with Crippen LogP contribution >= 0.6 is 11.8 Å². The smallest absolute Gasteiger partial charge is 0.240 e. The van der Waals surface area contributed by atoms with E-state index in [0.717, 1.165) is 24.4 Å². The first-order valence-corrected chi connectivity index (χ1v) is 13.2. The van der Waals surface area contributed by atoms with Gasteiger partial charge in [-0.2, -0.15) is 0 Å². The van der Waals surface area contributed by atoms with Gasteiger partial charge in [0.2, 0.25) is 21.1 Å². The van der Waals surface area contributed by atoms with Crippen molar-refractivity contribution >= 4 is 33.4 Å². The van der Waals surface area contributed by atoms with Gasteiger partial charge < -0.3 is 5.32 Å². The van der Waals surface area contributed by atoms with Crippen molar-refractivity contribution in [1.82, 2.24) is 19.5 Å². The molecule has 3 aromatic rings. The Bertz CT molecular complexity index is 1220. The van der Waals surface area contributed by atoms with E-state index in [1.165, 1.54) is 23.9 Å². The summed E-state index contributed by atoms with van der Waals surface area (Å²) in [7, 11) is -3.57. The fourth-order valence-electron chi connectivity index (χ4n) is 3.27. The van der Waals surface area contributed by atoms with Gasteiger partial charge in [0.15, 0.2) is 0 Å². The summed E-state index contributed by atoms with van der Waals surface area (Å²) in [6.45, 7) is 5.32. The van der Waals surface area contributed by atoms with Crippen molar-refractivity contribution in [2.75, 3.05) is 5.32 Å². The fraction of sp³-hybridized carbons (Fsp3) is 0.348. The predicted molar refractivity (Wildman–Crippen MR) is 129 cm³/mol. The molecule has 1 aliphatic carbocycles. The molecule has 1 saturated carbocycles. The van der Waals surface area contributed by atoms with Gasteiger partial charge in [0.1, 0.15) is 5.82 Å². The van der Waals surface area contributed by atoms with E-state index in [0.29, 0.717) is 16.8 Å². The zero-order valence-corrected chi connectivity index (χ0v) is 20.4. The Labute approximate surface area is 198 Å². The van der Waals surface area contributed by atoms with E-state index in [1.807, 2.05) is 35.0 Å². The number of nitrogens with zero attached hydrogens (tertiary/aromatic N) is 3. The third kappa shape index (κ3) is 5.82. The van der Waals surface area contributed by atoms with Crippen LogP contribution < -0.4 is 10.0 Å². The Hall–Kier alpha value is -2.69. The standard InChI is InChI=1S/C23H27N5O3S2/c1-15(2)27-33(30,31)20-13-11-18(12-14-20)24-22(29)16(3)32-23-25-21(17-9-10-17)28(26-23)19-7-5-4-6-8-19/h4-8,11-17,27H,9-10H2,1-3H3,(H,24,29)/t16-/m1/s1. The second-order valence-corrected chi connectivity index (χ2v) is 11.3. The van der Waals surface area contributed by atoms with Crippen molar-refractivity contribution in [2.45, 2.75) is 60.9 Å². The van der Waals surface area contributed by atoms with Crippen LogP contribution in [0.1, 0.15) is 45.4 Å². The van der Waals surface area contributed by atoms with Gasteiger partial charge in [0, 0.05) is 17.6 Å². The van der Waals surface area contributed by atoms with Gasteiger partial charge in [-0.05, 0) is 70.0 Å². The van der Waals surface area contributed by atoms with Crippen LogP contribution in [0.15, 0.2) is 64.6 Å². The van der Waals surface area contributed by atoms with Gasteiger partial charge in [0.25, 0.3) is 0 Å². The minimum absolute atomic E-state index is 0.153. The number of amides is 1. The van der Waals surface area contributed by atoms with Crippen LogP contribution in [0.4, 0.5) is 5.69 Å². The van der Waals surface area contributed by atoms with Crippen molar-refractivity contribution in [2.24, 2.45) is 0 Å². The monoisotopic (exact) mass is 485 g/mol. The Morgan fingerprint density at radius 1 is 1.06 bits per heavy atom. The molecular formula is C23H27N5O3S2. The maximum atomic E-state index is 12.7. The Morgan fingerprint density at radius 2 is 1.73 bits per heavy atom. The van der Waals surface area contributed by atoms with Gasteiger partial charge in [0.05, 0.1) is 15.8 Å². The lowest BCUT2D eigenvalue weighted by atomic mass is 10.3. The molecule has 0 saturated heterocycles. The lowest BCUT2D eigenvalue weighted by Crippen LogP contribution is -2.30. The number of carbonyl (C=O) groups excluding carboxylic acids is 1. The Morgan fingerprint density at radius 3 is 2.33 bits per heavy atom. The van der Waals surface area contributed by atoms with Gasteiger partial charge in [-0.1, -0.05) is 30.0 Å².